The van der Waals surface area contributed by atoms with Crippen molar-refractivity contribution in [2.75, 3.05) is 50.1 Å². The zero-order chi connectivity index (χ0) is 20.8. The second kappa shape index (κ2) is 9.79. The van der Waals surface area contributed by atoms with Crippen molar-refractivity contribution >= 4 is 17.3 Å². The normalized spacial score (nSPS) is 14.9. The molecule has 1 N–H and O–H groups in total. The maximum absolute atomic E-state index is 12.6. The average molecular weight is 396 g/mol. The van der Waals surface area contributed by atoms with Gasteiger partial charge in [0, 0.05) is 44.8 Å². The molecule has 29 heavy (non-hydrogen) atoms. The second-order valence-electron chi connectivity index (χ2n) is 7.99. The lowest BCUT2D eigenvalue weighted by Gasteiger charge is -2.36. The molecule has 0 radical (unpaired) electrons. The third kappa shape index (κ3) is 5.30. The van der Waals surface area contributed by atoms with Crippen molar-refractivity contribution in [3.05, 3.63) is 53.6 Å². The van der Waals surface area contributed by atoms with Crippen LogP contribution >= 0.6 is 0 Å². The molecule has 0 aromatic heterocycles. The SMILES string of the molecule is COc1ccccc1N1CCN(CCC(=O)Nc2c(C)cccc2C(C)C)CC1. The fraction of sp³-hybridized carbons (Fsp3) is 0.458. The molecular weight excluding hydrogens is 362 g/mol. The van der Waals surface area contributed by atoms with E-state index < -0.39 is 0 Å². The minimum absolute atomic E-state index is 0.0911. The van der Waals surface area contributed by atoms with Gasteiger partial charge in [-0.3, -0.25) is 9.69 Å². The number of hydrogen-bond donors (Lipinski definition) is 1. The van der Waals surface area contributed by atoms with Crippen molar-refractivity contribution in [3.8, 4) is 5.75 Å². The maximum atomic E-state index is 12.6. The Hall–Kier alpha value is -2.53. The number of aryl methyl sites for hydroxylation is 1. The number of carbonyl (C=O) groups is 1. The van der Waals surface area contributed by atoms with Crippen molar-refractivity contribution in [3.63, 3.8) is 0 Å². The third-order valence-electron chi connectivity index (χ3n) is 5.64. The van der Waals surface area contributed by atoms with Crippen LogP contribution in [0.2, 0.25) is 0 Å². The highest BCUT2D eigenvalue weighted by Gasteiger charge is 2.20. The predicted molar refractivity (Wildman–Crippen MR) is 120 cm³/mol. The number of nitrogens with one attached hydrogen (secondary N) is 1. The summed E-state index contributed by atoms with van der Waals surface area (Å²) < 4.78 is 5.49. The van der Waals surface area contributed by atoms with E-state index in [0.29, 0.717) is 12.3 Å². The highest BCUT2D eigenvalue weighted by atomic mass is 16.5. The predicted octanol–water partition coefficient (Wildman–Crippen LogP) is 4.28. The second-order valence-corrected chi connectivity index (χ2v) is 7.99. The lowest BCUT2D eigenvalue weighted by Crippen LogP contribution is -2.47. The van der Waals surface area contributed by atoms with E-state index in [9.17, 15) is 4.79 Å². The molecule has 1 saturated heterocycles. The molecule has 1 amide bonds. The smallest absolute Gasteiger partial charge is 0.225 e. The molecule has 5 heteroatoms. The average Bonchev–Trinajstić information content (AvgIpc) is 2.74. The summed E-state index contributed by atoms with van der Waals surface area (Å²) in [6.45, 7) is 10.9. The zero-order valence-electron chi connectivity index (χ0n) is 18.1. The molecule has 1 heterocycles. The Balaban J connectivity index is 1.50. The van der Waals surface area contributed by atoms with Crippen LogP contribution in [0, 0.1) is 6.92 Å². The number of para-hydroxylation sites is 3. The fourth-order valence-corrected chi connectivity index (χ4v) is 3.91. The Morgan fingerprint density at radius 3 is 2.48 bits per heavy atom. The summed E-state index contributed by atoms with van der Waals surface area (Å²) in [5.74, 6) is 1.39. The van der Waals surface area contributed by atoms with Gasteiger partial charge in [0.25, 0.3) is 0 Å². The summed E-state index contributed by atoms with van der Waals surface area (Å²) in [6.07, 6.45) is 0.514. The van der Waals surface area contributed by atoms with Gasteiger partial charge < -0.3 is 15.0 Å². The summed E-state index contributed by atoms with van der Waals surface area (Å²) in [5, 5.41) is 3.16. The molecule has 1 aliphatic rings. The summed E-state index contributed by atoms with van der Waals surface area (Å²) in [6, 6.07) is 14.4. The largest absolute Gasteiger partial charge is 0.495 e. The van der Waals surface area contributed by atoms with Gasteiger partial charge in [-0.25, -0.2) is 0 Å². The van der Waals surface area contributed by atoms with Gasteiger partial charge >= 0.3 is 0 Å². The monoisotopic (exact) mass is 395 g/mol. The molecule has 2 aromatic carbocycles. The molecule has 5 nitrogen and oxygen atoms in total. The van der Waals surface area contributed by atoms with Gasteiger partial charge in [0.05, 0.1) is 12.8 Å². The van der Waals surface area contributed by atoms with E-state index in [2.05, 4.69) is 60.2 Å². The van der Waals surface area contributed by atoms with Crippen LogP contribution in [0.1, 0.15) is 37.3 Å². The number of carbonyl (C=O) groups excluding carboxylic acids is 1. The highest BCUT2D eigenvalue weighted by Crippen LogP contribution is 2.29. The van der Waals surface area contributed by atoms with Gasteiger partial charge in [0.1, 0.15) is 5.75 Å². The van der Waals surface area contributed by atoms with Gasteiger partial charge in [-0.05, 0) is 36.1 Å². The first kappa shape index (κ1) is 21.2. The number of piperazine rings is 1. The van der Waals surface area contributed by atoms with Crippen LogP contribution in [0.4, 0.5) is 11.4 Å². The third-order valence-corrected chi connectivity index (χ3v) is 5.64. The molecule has 3 rings (SSSR count). The molecule has 0 bridgehead atoms. The lowest BCUT2D eigenvalue weighted by atomic mass is 9.98. The van der Waals surface area contributed by atoms with E-state index in [1.807, 2.05) is 18.2 Å². The highest BCUT2D eigenvalue weighted by molar-refractivity contribution is 5.92. The molecule has 1 fully saturated rings. The van der Waals surface area contributed by atoms with E-state index in [0.717, 1.165) is 55.4 Å². The quantitative estimate of drug-likeness (QED) is 0.760. The van der Waals surface area contributed by atoms with Crippen LogP contribution in [-0.4, -0.2) is 50.6 Å². The Kier molecular flexibility index (Phi) is 7.15. The molecule has 0 spiro atoms. The van der Waals surface area contributed by atoms with Gasteiger partial charge in [-0.1, -0.05) is 44.2 Å². The minimum atomic E-state index is 0.0911. The first-order valence-electron chi connectivity index (χ1n) is 10.5. The number of hydrogen-bond acceptors (Lipinski definition) is 4. The Morgan fingerprint density at radius 1 is 1.07 bits per heavy atom. The summed E-state index contributed by atoms with van der Waals surface area (Å²) in [5.41, 5.74) is 4.44. The van der Waals surface area contributed by atoms with Crippen molar-refractivity contribution < 1.29 is 9.53 Å². The Morgan fingerprint density at radius 2 is 1.79 bits per heavy atom. The number of anilines is 2. The van der Waals surface area contributed by atoms with Crippen LogP contribution in [0.15, 0.2) is 42.5 Å². The van der Waals surface area contributed by atoms with Gasteiger partial charge in [0.2, 0.25) is 5.91 Å². The van der Waals surface area contributed by atoms with Crippen LogP contribution < -0.4 is 15.0 Å². The Bertz CT molecular complexity index is 827. The van der Waals surface area contributed by atoms with Gasteiger partial charge in [0.15, 0.2) is 0 Å². The topological polar surface area (TPSA) is 44.8 Å². The molecule has 0 aliphatic carbocycles. The molecule has 0 saturated carbocycles. The number of rotatable bonds is 7. The standard InChI is InChI=1S/C24H33N3O2/c1-18(2)20-9-7-8-19(3)24(20)25-23(28)12-13-26-14-16-27(17-15-26)21-10-5-6-11-22(21)29-4/h5-11,18H,12-17H2,1-4H3,(H,25,28). The first-order chi connectivity index (χ1) is 14.0. The van der Waals surface area contributed by atoms with Crippen molar-refractivity contribution in [1.82, 2.24) is 4.90 Å². The molecule has 0 atom stereocenters. The molecular formula is C24H33N3O2. The van der Waals surface area contributed by atoms with Crippen molar-refractivity contribution in [2.45, 2.75) is 33.1 Å². The molecule has 0 unspecified atom stereocenters. The Labute approximate surface area is 174 Å². The number of amides is 1. The molecule has 1 aliphatic heterocycles. The van der Waals surface area contributed by atoms with Crippen LogP contribution in [0.25, 0.3) is 0 Å². The summed E-state index contributed by atoms with van der Waals surface area (Å²) in [7, 11) is 1.72. The maximum Gasteiger partial charge on any atom is 0.225 e. The number of methoxy groups -OCH3 is 1. The summed E-state index contributed by atoms with van der Waals surface area (Å²) >= 11 is 0. The van der Waals surface area contributed by atoms with Crippen LogP contribution in [-0.2, 0) is 4.79 Å². The number of benzene rings is 2. The van der Waals surface area contributed by atoms with E-state index in [4.69, 9.17) is 4.74 Å². The van der Waals surface area contributed by atoms with Crippen LogP contribution in [0.5, 0.6) is 5.75 Å². The van der Waals surface area contributed by atoms with E-state index in [-0.39, 0.29) is 5.91 Å². The van der Waals surface area contributed by atoms with Gasteiger partial charge in [-0.15, -0.1) is 0 Å². The molecule has 2 aromatic rings. The van der Waals surface area contributed by atoms with Gasteiger partial charge in [-0.2, -0.15) is 0 Å². The summed E-state index contributed by atoms with van der Waals surface area (Å²) in [4.78, 5) is 17.3. The van der Waals surface area contributed by atoms with Crippen molar-refractivity contribution in [1.29, 1.82) is 0 Å². The van der Waals surface area contributed by atoms with E-state index in [1.165, 1.54) is 5.56 Å². The minimum Gasteiger partial charge on any atom is -0.495 e. The first-order valence-corrected chi connectivity index (χ1v) is 10.5. The lowest BCUT2D eigenvalue weighted by molar-refractivity contribution is -0.116. The number of nitrogens with zero attached hydrogens (tertiary/aromatic N) is 2. The van der Waals surface area contributed by atoms with E-state index in [1.54, 1.807) is 7.11 Å². The van der Waals surface area contributed by atoms with E-state index >= 15 is 0 Å². The molecule has 156 valence electrons. The van der Waals surface area contributed by atoms with Crippen LogP contribution in [0.3, 0.4) is 0 Å². The number of ether oxygens (including phenoxy) is 1. The van der Waals surface area contributed by atoms with Crippen molar-refractivity contribution in [2.24, 2.45) is 0 Å². The fourth-order valence-electron chi connectivity index (χ4n) is 3.91. The zero-order valence-corrected chi connectivity index (χ0v) is 18.1.